The SMILES string of the molecule is CNC(=O)NC(=O)[C@@H](c1ccccc1)N1CCC[C@@H]1c1cccn1C. The molecule has 6 heteroatoms. The third-order valence-corrected chi connectivity index (χ3v) is 4.78. The van der Waals surface area contributed by atoms with E-state index in [9.17, 15) is 9.59 Å². The lowest BCUT2D eigenvalue weighted by molar-refractivity contribution is -0.126. The quantitative estimate of drug-likeness (QED) is 0.898. The average Bonchev–Trinajstić information content (AvgIpc) is 3.24. The summed E-state index contributed by atoms with van der Waals surface area (Å²) in [5, 5.41) is 4.90. The van der Waals surface area contributed by atoms with E-state index in [2.05, 4.69) is 26.2 Å². The van der Waals surface area contributed by atoms with Gasteiger partial charge in [0.15, 0.2) is 0 Å². The molecule has 2 N–H and O–H groups in total. The minimum atomic E-state index is -0.499. The highest BCUT2D eigenvalue weighted by molar-refractivity contribution is 5.97. The predicted octanol–water partition coefficient (Wildman–Crippen LogP) is 2.36. The highest BCUT2D eigenvalue weighted by Gasteiger charge is 2.37. The average molecular weight is 340 g/mol. The molecule has 1 aromatic carbocycles. The van der Waals surface area contributed by atoms with Crippen LogP contribution in [0.25, 0.3) is 0 Å². The number of benzene rings is 1. The minimum Gasteiger partial charge on any atom is -0.353 e. The van der Waals surface area contributed by atoms with Crippen LogP contribution >= 0.6 is 0 Å². The van der Waals surface area contributed by atoms with E-state index in [1.54, 1.807) is 0 Å². The van der Waals surface area contributed by atoms with Crippen molar-refractivity contribution in [2.75, 3.05) is 13.6 Å². The Bertz CT molecular complexity index is 741. The Balaban J connectivity index is 1.94. The van der Waals surface area contributed by atoms with Gasteiger partial charge in [0.1, 0.15) is 6.04 Å². The van der Waals surface area contributed by atoms with Gasteiger partial charge < -0.3 is 9.88 Å². The zero-order valence-corrected chi connectivity index (χ0v) is 14.6. The Morgan fingerprint density at radius 1 is 1.16 bits per heavy atom. The molecule has 1 aliphatic rings. The van der Waals surface area contributed by atoms with E-state index in [-0.39, 0.29) is 11.9 Å². The number of likely N-dealkylation sites (tertiary alicyclic amines) is 1. The second kappa shape index (κ2) is 7.53. The third-order valence-electron chi connectivity index (χ3n) is 4.78. The Kier molecular flexibility index (Phi) is 5.19. The number of aryl methyl sites for hydroxylation is 1. The summed E-state index contributed by atoms with van der Waals surface area (Å²) in [6.45, 7) is 0.816. The maximum atomic E-state index is 12.9. The lowest BCUT2D eigenvalue weighted by Crippen LogP contribution is -2.45. The molecule has 0 radical (unpaired) electrons. The Morgan fingerprint density at radius 2 is 1.92 bits per heavy atom. The molecule has 25 heavy (non-hydrogen) atoms. The largest absolute Gasteiger partial charge is 0.353 e. The van der Waals surface area contributed by atoms with Crippen molar-refractivity contribution in [3.05, 3.63) is 59.9 Å². The number of imide groups is 1. The Hall–Kier alpha value is -2.60. The van der Waals surface area contributed by atoms with Gasteiger partial charge in [0.05, 0.1) is 6.04 Å². The van der Waals surface area contributed by atoms with Crippen molar-refractivity contribution in [1.29, 1.82) is 0 Å². The second-order valence-electron chi connectivity index (χ2n) is 6.32. The molecule has 1 fully saturated rings. The molecule has 2 aromatic rings. The Morgan fingerprint density at radius 3 is 2.56 bits per heavy atom. The van der Waals surface area contributed by atoms with Crippen LogP contribution in [0.4, 0.5) is 4.79 Å². The molecule has 2 atom stereocenters. The lowest BCUT2D eigenvalue weighted by Gasteiger charge is -2.32. The first-order chi connectivity index (χ1) is 12.1. The van der Waals surface area contributed by atoms with Gasteiger partial charge >= 0.3 is 6.03 Å². The summed E-state index contributed by atoms with van der Waals surface area (Å²) in [5.41, 5.74) is 2.08. The highest BCUT2D eigenvalue weighted by atomic mass is 16.2. The van der Waals surface area contributed by atoms with Crippen LogP contribution in [0.5, 0.6) is 0 Å². The van der Waals surface area contributed by atoms with Crippen LogP contribution in [0.3, 0.4) is 0 Å². The molecule has 3 amide bonds. The van der Waals surface area contributed by atoms with Crippen LogP contribution in [-0.4, -0.2) is 35.0 Å². The molecule has 0 unspecified atom stereocenters. The van der Waals surface area contributed by atoms with Gasteiger partial charge in [-0.1, -0.05) is 30.3 Å². The van der Waals surface area contributed by atoms with E-state index >= 15 is 0 Å². The molecule has 0 aliphatic carbocycles. The van der Waals surface area contributed by atoms with E-state index in [1.165, 1.54) is 12.7 Å². The molecule has 1 saturated heterocycles. The Labute approximate surface area is 147 Å². The monoisotopic (exact) mass is 340 g/mol. The van der Waals surface area contributed by atoms with Crippen molar-refractivity contribution in [3.63, 3.8) is 0 Å². The van der Waals surface area contributed by atoms with Crippen molar-refractivity contribution in [1.82, 2.24) is 20.1 Å². The van der Waals surface area contributed by atoms with Gasteiger partial charge in [0, 0.05) is 26.0 Å². The van der Waals surface area contributed by atoms with E-state index < -0.39 is 12.1 Å². The summed E-state index contributed by atoms with van der Waals surface area (Å²) >= 11 is 0. The lowest BCUT2D eigenvalue weighted by atomic mass is 10.0. The molecule has 0 bridgehead atoms. The van der Waals surface area contributed by atoms with Crippen LogP contribution in [0, 0.1) is 0 Å². The first-order valence-corrected chi connectivity index (χ1v) is 8.56. The predicted molar refractivity (Wildman–Crippen MR) is 95.9 cm³/mol. The fourth-order valence-electron chi connectivity index (χ4n) is 3.61. The summed E-state index contributed by atoms with van der Waals surface area (Å²) in [4.78, 5) is 26.7. The molecule has 3 rings (SSSR count). The number of nitrogens with one attached hydrogen (secondary N) is 2. The van der Waals surface area contributed by atoms with Gasteiger partial charge in [-0.15, -0.1) is 0 Å². The van der Waals surface area contributed by atoms with Crippen molar-refractivity contribution < 1.29 is 9.59 Å². The fraction of sp³-hybridized carbons (Fsp3) is 0.368. The number of urea groups is 1. The van der Waals surface area contributed by atoms with Crippen molar-refractivity contribution in [3.8, 4) is 0 Å². The number of carbonyl (C=O) groups excluding carboxylic acids is 2. The number of hydrogen-bond acceptors (Lipinski definition) is 3. The molecule has 1 aromatic heterocycles. The normalized spacial score (nSPS) is 18.7. The van der Waals surface area contributed by atoms with Gasteiger partial charge in [0.2, 0.25) is 5.91 Å². The van der Waals surface area contributed by atoms with Crippen molar-refractivity contribution in [2.45, 2.75) is 24.9 Å². The molecular formula is C19H24N4O2. The van der Waals surface area contributed by atoms with Crippen molar-refractivity contribution in [2.24, 2.45) is 7.05 Å². The molecule has 0 spiro atoms. The maximum Gasteiger partial charge on any atom is 0.321 e. The van der Waals surface area contributed by atoms with Crippen LogP contribution in [0.15, 0.2) is 48.7 Å². The third kappa shape index (κ3) is 3.58. The van der Waals surface area contributed by atoms with Crippen LogP contribution in [-0.2, 0) is 11.8 Å². The van der Waals surface area contributed by atoms with E-state index in [1.807, 2.05) is 49.6 Å². The zero-order chi connectivity index (χ0) is 17.8. The van der Waals surface area contributed by atoms with E-state index in [4.69, 9.17) is 0 Å². The molecule has 0 saturated carbocycles. The first-order valence-electron chi connectivity index (χ1n) is 8.56. The standard InChI is InChI=1S/C19H24N4O2/c1-20-19(25)21-18(24)17(14-8-4-3-5-9-14)23-13-7-11-16(23)15-10-6-12-22(15)2/h3-6,8-10,12,16-17H,7,11,13H2,1-2H3,(H2,20,21,24,25)/t16-,17-/m1/s1. The first kappa shape index (κ1) is 17.2. The number of carbonyl (C=O) groups is 2. The van der Waals surface area contributed by atoms with Gasteiger partial charge in [-0.05, 0) is 37.1 Å². The fourth-order valence-corrected chi connectivity index (χ4v) is 3.61. The van der Waals surface area contributed by atoms with Crippen LogP contribution in [0.2, 0.25) is 0 Å². The van der Waals surface area contributed by atoms with Gasteiger partial charge in [-0.3, -0.25) is 15.0 Å². The topological polar surface area (TPSA) is 66.4 Å². The molecule has 6 nitrogen and oxygen atoms in total. The van der Waals surface area contributed by atoms with Gasteiger partial charge in [0.25, 0.3) is 0 Å². The zero-order valence-electron chi connectivity index (χ0n) is 14.6. The van der Waals surface area contributed by atoms with Gasteiger partial charge in [-0.2, -0.15) is 0 Å². The highest BCUT2D eigenvalue weighted by Crippen LogP contribution is 2.38. The summed E-state index contributed by atoms with van der Waals surface area (Å²) in [5.74, 6) is -0.299. The number of hydrogen-bond donors (Lipinski definition) is 2. The number of aromatic nitrogens is 1. The minimum absolute atomic E-state index is 0.153. The summed E-state index contributed by atoms with van der Waals surface area (Å²) in [6, 6.07) is 12.9. The summed E-state index contributed by atoms with van der Waals surface area (Å²) in [7, 11) is 3.52. The molecular weight excluding hydrogens is 316 g/mol. The van der Waals surface area contributed by atoms with E-state index in [0.29, 0.717) is 0 Å². The molecule has 2 heterocycles. The number of nitrogens with zero attached hydrogens (tertiary/aromatic N) is 2. The maximum absolute atomic E-state index is 12.9. The van der Waals surface area contributed by atoms with Crippen LogP contribution < -0.4 is 10.6 Å². The van der Waals surface area contributed by atoms with Crippen LogP contribution in [0.1, 0.15) is 36.2 Å². The van der Waals surface area contributed by atoms with Gasteiger partial charge in [-0.25, -0.2) is 4.79 Å². The van der Waals surface area contributed by atoms with E-state index in [0.717, 1.165) is 24.9 Å². The molecule has 1 aliphatic heterocycles. The summed E-state index contributed by atoms with van der Waals surface area (Å²) < 4.78 is 2.10. The van der Waals surface area contributed by atoms with Crippen molar-refractivity contribution >= 4 is 11.9 Å². The number of rotatable bonds is 4. The summed E-state index contributed by atoms with van der Waals surface area (Å²) in [6.07, 6.45) is 4.04. The molecule has 132 valence electrons. The number of amides is 3. The smallest absolute Gasteiger partial charge is 0.321 e. The second-order valence-corrected chi connectivity index (χ2v) is 6.32.